The molecule has 0 atom stereocenters. The first-order chi connectivity index (χ1) is 15.7. The lowest BCUT2D eigenvalue weighted by Gasteiger charge is -2.25. The number of carbonyl (C=O) groups is 1. The molecule has 2 aliphatic rings. The number of fused-ring (bicyclic) bond motifs is 4. The number of aryl methyl sites for hydroxylation is 2. The van der Waals surface area contributed by atoms with Gasteiger partial charge in [0, 0.05) is 46.7 Å². The van der Waals surface area contributed by atoms with E-state index in [1.165, 1.54) is 59.8 Å². The first kappa shape index (κ1) is 19.3. The van der Waals surface area contributed by atoms with Crippen LogP contribution in [0.4, 0.5) is 0 Å². The van der Waals surface area contributed by atoms with Crippen LogP contribution in [-0.2, 0) is 13.1 Å². The molecule has 4 nitrogen and oxygen atoms in total. The maximum Gasteiger partial charge on any atom is 0.335 e. The van der Waals surface area contributed by atoms with E-state index in [0.29, 0.717) is 11.5 Å². The van der Waals surface area contributed by atoms with Gasteiger partial charge in [-0.2, -0.15) is 0 Å². The van der Waals surface area contributed by atoms with Gasteiger partial charge in [-0.3, -0.25) is 0 Å². The van der Waals surface area contributed by atoms with Crippen LogP contribution in [0.25, 0.3) is 33.1 Å². The van der Waals surface area contributed by atoms with Crippen molar-refractivity contribution in [2.24, 2.45) is 0 Å². The van der Waals surface area contributed by atoms with Crippen LogP contribution in [0.2, 0.25) is 0 Å². The molecule has 0 bridgehead atoms. The third kappa shape index (κ3) is 2.74. The number of terminal acetylenes is 1. The minimum atomic E-state index is -0.873. The molecule has 3 heterocycles. The number of nitrogens with zero attached hydrogens (tertiary/aromatic N) is 2. The minimum absolute atomic E-state index is 0.353. The summed E-state index contributed by atoms with van der Waals surface area (Å²) in [6.45, 7) is 1.76. The van der Waals surface area contributed by atoms with E-state index in [9.17, 15) is 9.90 Å². The van der Waals surface area contributed by atoms with Gasteiger partial charge in [0.05, 0.1) is 16.8 Å². The summed E-state index contributed by atoms with van der Waals surface area (Å²) in [5.41, 5.74) is 7.44. The van der Waals surface area contributed by atoms with Gasteiger partial charge < -0.3 is 14.2 Å². The Kier molecular flexibility index (Phi) is 4.40. The zero-order valence-corrected chi connectivity index (χ0v) is 18.1. The van der Waals surface area contributed by atoms with Crippen LogP contribution < -0.4 is 0 Å². The van der Waals surface area contributed by atoms with Crippen LogP contribution in [-0.4, -0.2) is 20.2 Å². The van der Waals surface area contributed by atoms with E-state index < -0.39 is 5.97 Å². The topological polar surface area (TPSA) is 47.2 Å². The van der Waals surface area contributed by atoms with Crippen molar-refractivity contribution in [1.29, 1.82) is 0 Å². The number of hydrogen-bond acceptors (Lipinski definition) is 1. The van der Waals surface area contributed by atoms with Gasteiger partial charge in [0.15, 0.2) is 0 Å². The van der Waals surface area contributed by atoms with Crippen molar-refractivity contribution in [3.63, 3.8) is 0 Å². The third-order valence-electron chi connectivity index (χ3n) is 7.45. The molecule has 32 heavy (non-hydrogen) atoms. The van der Waals surface area contributed by atoms with Crippen molar-refractivity contribution in [2.45, 2.75) is 57.5 Å². The summed E-state index contributed by atoms with van der Waals surface area (Å²) in [7, 11) is 0. The van der Waals surface area contributed by atoms with E-state index in [1.807, 2.05) is 12.1 Å². The molecule has 4 aromatic rings. The third-order valence-corrected chi connectivity index (χ3v) is 7.45. The van der Waals surface area contributed by atoms with E-state index in [2.05, 4.69) is 39.5 Å². The van der Waals surface area contributed by atoms with E-state index in [4.69, 9.17) is 6.42 Å². The molecule has 1 aliphatic heterocycles. The number of rotatable bonds is 2. The fraction of sp³-hybridized carbons (Fsp3) is 0.321. The molecule has 0 spiro atoms. The van der Waals surface area contributed by atoms with Gasteiger partial charge >= 0.3 is 5.97 Å². The fourth-order valence-corrected chi connectivity index (χ4v) is 6.08. The van der Waals surface area contributed by atoms with Crippen molar-refractivity contribution in [2.75, 3.05) is 0 Å². The zero-order chi connectivity index (χ0) is 21.8. The van der Waals surface area contributed by atoms with Gasteiger partial charge in [0.2, 0.25) is 0 Å². The molecular weight excluding hydrogens is 396 g/mol. The predicted octanol–water partition coefficient (Wildman–Crippen LogP) is 6.39. The van der Waals surface area contributed by atoms with E-state index >= 15 is 0 Å². The Labute approximate surface area is 187 Å². The second kappa shape index (κ2) is 7.31. The summed E-state index contributed by atoms with van der Waals surface area (Å²) in [6.07, 6.45) is 15.2. The monoisotopic (exact) mass is 422 g/mol. The zero-order valence-electron chi connectivity index (χ0n) is 18.1. The van der Waals surface area contributed by atoms with Crippen LogP contribution in [0.15, 0.2) is 42.6 Å². The van der Waals surface area contributed by atoms with Crippen molar-refractivity contribution in [3.05, 3.63) is 59.3 Å². The lowest BCUT2D eigenvalue weighted by Crippen LogP contribution is -2.11. The summed E-state index contributed by atoms with van der Waals surface area (Å²) in [4.78, 5) is 11.8. The van der Waals surface area contributed by atoms with Crippen molar-refractivity contribution in [3.8, 4) is 23.6 Å². The molecule has 0 amide bonds. The summed E-state index contributed by atoms with van der Waals surface area (Å²) in [5, 5.41) is 12.0. The Morgan fingerprint density at radius 3 is 2.66 bits per heavy atom. The largest absolute Gasteiger partial charge is 0.478 e. The smallest absolute Gasteiger partial charge is 0.335 e. The van der Waals surface area contributed by atoms with E-state index in [-0.39, 0.29) is 0 Å². The van der Waals surface area contributed by atoms with Gasteiger partial charge in [0.1, 0.15) is 0 Å². The molecule has 6 rings (SSSR count). The van der Waals surface area contributed by atoms with Gasteiger partial charge in [-0.05, 0) is 42.9 Å². The van der Waals surface area contributed by atoms with Crippen LogP contribution in [0.3, 0.4) is 0 Å². The second-order valence-electron chi connectivity index (χ2n) is 9.22. The Hall–Kier alpha value is -3.45. The summed E-state index contributed by atoms with van der Waals surface area (Å²) in [5.74, 6) is 2.51. The predicted molar refractivity (Wildman–Crippen MR) is 128 cm³/mol. The molecule has 1 aliphatic carbocycles. The number of para-hydroxylation sites is 1. The maximum atomic E-state index is 11.8. The number of aromatic nitrogens is 2. The average molecular weight is 423 g/mol. The molecule has 160 valence electrons. The molecule has 1 N–H and O–H groups in total. The maximum absolute atomic E-state index is 11.8. The Morgan fingerprint density at radius 2 is 1.88 bits per heavy atom. The van der Waals surface area contributed by atoms with E-state index in [0.717, 1.165) is 36.0 Å². The summed E-state index contributed by atoms with van der Waals surface area (Å²) >= 11 is 0. The minimum Gasteiger partial charge on any atom is -0.478 e. The van der Waals surface area contributed by atoms with Crippen LogP contribution in [0.5, 0.6) is 0 Å². The number of hydrogen-bond donors (Lipinski definition) is 1. The normalized spacial score (nSPS) is 16.5. The Balaban J connectivity index is 1.74. The first-order valence-corrected chi connectivity index (χ1v) is 11.7. The molecule has 0 radical (unpaired) electrons. The van der Waals surface area contributed by atoms with Gasteiger partial charge in [0.25, 0.3) is 0 Å². The molecule has 0 saturated heterocycles. The second-order valence-corrected chi connectivity index (χ2v) is 9.22. The van der Waals surface area contributed by atoms with Crippen molar-refractivity contribution in [1.82, 2.24) is 9.13 Å². The number of carboxylic acids is 1. The summed E-state index contributed by atoms with van der Waals surface area (Å²) < 4.78 is 4.72. The SMILES string of the molecule is C#Cc1cn2c3c(cccc13)-c1c(C3CCCCC3)c3ccc(C(=O)O)cc3n1CCC2. The standard InChI is InChI=1S/C28H26N2O2/c1-2-18-17-29-14-7-15-30-24-16-20(28(31)32)12-13-22(24)25(19-8-4-3-5-9-19)27(30)23-11-6-10-21(18)26(23)29/h1,6,10-13,16-17,19H,3-5,7-9,14-15H2,(H,31,32). The lowest BCUT2D eigenvalue weighted by molar-refractivity contribution is 0.0697. The lowest BCUT2D eigenvalue weighted by atomic mass is 9.81. The van der Waals surface area contributed by atoms with Crippen LogP contribution in [0, 0.1) is 12.3 Å². The molecule has 2 aromatic carbocycles. The molecule has 0 unspecified atom stereocenters. The quantitative estimate of drug-likeness (QED) is 0.380. The average Bonchev–Trinajstić information content (AvgIpc) is 3.33. The van der Waals surface area contributed by atoms with Gasteiger partial charge in [-0.25, -0.2) is 4.79 Å². The number of benzene rings is 2. The molecular formula is C28H26N2O2. The number of aromatic carboxylic acids is 1. The van der Waals surface area contributed by atoms with Gasteiger partial charge in [-0.1, -0.05) is 49.4 Å². The molecule has 4 heteroatoms. The Bertz CT molecular complexity index is 1420. The van der Waals surface area contributed by atoms with E-state index in [1.54, 1.807) is 6.07 Å². The van der Waals surface area contributed by atoms with Crippen LogP contribution >= 0.6 is 0 Å². The molecule has 1 fully saturated rings. The highest BCUT2D eigenvalue weighted by atomic mass is 16.4. The van der Waals surface area contributed by atoms with Gasteiger partial charge in [-0.15, -0.1) is 6.42 Å². The van der Waals surface area contributed by atoms with Crippen molar-refractivity contribution >= 4 is 27.8 Å². The highest BCUT2D eigenvalue weighted by Crippen LogP contribution is 2.46. The highest BCUT2D eigenvalue weighted by Gasteiger charge is 2.29. The molecule has 1 saturated carbocycles. The van der Waals surface area contributed by atoms with Crippen LogP contribution in [0.1, 0.15) is 65.9 Å². The fourth-order valence-electron chi connectivity index (χ4n) is 6.08. The van der Waals surface area contributed by atoms with Crippen molar-refractivity contribution < 1.29 is 9.90 Å². The number of carboxylic acid groups (broad SMARTS) is 1. The Morgan fingerprint density at radius 1 is 1.03 bits per heavy atom. The first-order valence-electron chi connectivity index (χ1n) is 11.7. The highest BCUT2D eigenvalue weighted by molar-refractivity contribution is 6.03. The molecule has 2 aromatic heterocycles. The summed E-state index contributed by atoms with van der Waals surface area (Å²) in [6, 6.07) is 12.2.